The molecule has 0 atom stereocenters. The highest BCUT2D eigenvalue weighted by molar-refractivity contribution is 5.95. The molecule has 3 rings (SSSR count). The molecule has 1 aliphatic rings. The molecule has 1 heterocycles. The highest BCUT2D eigenvalue weighted by Gasteiger charge is 2.20. The zero-order valence-electron chi connectivity index (χ0n) is 11.7. The van der Waals surface area contributed by atoms with Gasteiger partial charge in [-0.1, -0.05) is 31.0 Å². The second-order valence-electron chi connectivity index (χ2n) is 5.35. The van der Waals surface area contributed by atoms with Crippen molar-refractivity contribution in [1.82, 2.24) is 15.1 Å². The molecule has 104 valence electrons. The van der Waals surface area contributed by atoms with Crippen LogP contribution in [0.1, 0.15) is 41.7 Å². The van der Waals surface area contributed by atoms with Gasteiger partial charge in [0.2, 0.25) is 0 Å². The Morgan fingerprint density at radius 3 is 2.65 bits per heavy atom. The smallest absolute Gasteiger partial charge is 0.254 e. The van der Waals surface area contributed by atoms with Gasteiger partial charge in [-0.2, -0.15) is 5.10 Å². The fourth-order valence-electron chi connectivity index (χ4n) is 2.80. The lowest BCUT2D eigenvalue weighted by Gasteiger charge is -2.11. The second-order valence-corrected chi connectivity index (χ2v) is 5.35. The van der Waals surface area contributed by atoms with E-state index in [0.717, 1.165) is 24.2 Å². The van der Waals surface area contributed by atoms with Gasteiger partial charge < -0.3 is 5.32 Å². The highest BCUT2D eigenvalue weighted by Crippen LogP contribution is 2.19. The van der Waals surface area contributed by atoms with Crippen molar-refractivity contribution < 1.29 is 4.79 Å². The predicted octanol–water partition coefficient (Wildman–Crippen LogP) is 2.85. The molecule has 1 amide bonds. The minimum absolute atomic E-state index is 0.00317. The average Bonchev–Trinajstić information content (AvgIpc) is 3.09. The van der Waals surface area contributed by atoms with E-state index in [4.69, 9.17) is 0 Å². The molecule has 1 fully saturated rings. The second kappa shape index (κ2) is 5.49. The standard InChI is InChI=1S/C16H19N3O/c1-12-15(16(20)18-13-7-5-6-8-13)11-17-19(12)14-9-3-2-4-10-14/h2-4,9-11,13H,5-8H2,1H3,(H,18,20). The van der Waals surface area contributed by atoms with E-state index in [0.29, 0.717) is 11.6 Å². The number of para-hydroxylation sites is 1. The van der Waals surface area contributed by atoms with Crippen molar-refractivity contribution in [2.24, 2.45) is 0 Å². The van der Waals surface area contributed by atoms with E-state index in [1.54, 1.807) is 6.20 Å². The first-order chi connectivity index (χ1) is 9.75. The van der Waals surface area contributed by atoms with Crippen LogP contribution in [0.2, 0.25) is 0 Å². The number of rotatable bonds is 3. The third kappa shape index (κ3) is 2.46. The molecule has 0 aliphatic heterocycles. The first-order valence-corrected chi connectivity index (χ1v) is 7.16. The normalized spacial score (nSPS) is 15.4. The molecule has 0 saturated heterocycles. The third-order valence-corrected chi connectivity index (χ3v) is 3.95. The number of nitrogens with one attached hydrogen (secondary N) is 1. The molecular weight excluding hydrogens is 250 g/mol. The molecule has 20 heavy (non-hydrogen) atoms. The van der Waals surface area contributed by atoms with Gasteiger partial charge in [0, 0.05) is 6.04 Å². The number of aromatic nitrogens is 2. The van der Waals surface area contributed by atoms with Crippen molar-refractivity contribution in [3.05, 3.63) is 47.8 Å². The first-order valence-electron chi connectivity index (χ1n) is 7.16. The molecule has 1 aromatic heterocycles. The van der Waals surface area contributed by atoms with E-state index in [1.165, 1.54) is 12.8 Å². The number of carbonyl (C=O) groups excluding carboxylic acids is 1. The minimum atomic E-state index is -0.00317. The molecule has 4 heteroatoms. The van der Waals surface area contributed by atoms with Gasteiger partial charge in [0.1, 0.15) is 0 Å². The fourth-order valence-corrected chi connectivity index (χ4v) is 2.80. The lowest BCUT2D eigenvalue weighted by Crippen LogP contribution is -2.32. The zero-order chi connectivity index (χ0) is 13.9. The maximum Gasteiger partial charge on any atom is 0.254 e. The Kier molecular flexibility index (Phi) is 3.54. The topological polar surface area (TPSA) is 46.9 Å². The van der Waals surface area contributed by atoms with Gasteiger partial charge in [0.25, 0.3) is 5.91 Å². The monoisotopic (exact) mass is 269 g/mol. The molecule has 0 radical (unpaired) electrons. The Morgan fingerprint density at radius 1 is 1.25 bits per heavy atom. The van der Waals surface area contributed by atoms with E-state index in [9.17, 15) is 4.79 Å². The Morgan fingerprint density at radius 2 is 1.95 bits per heavy atom. The van der Waals surface area contributed by atoms with E-state index in [2.05, 4.69) is 10.4 Å². The van der Waals surface area contributed by atoms with Crippen molar-refractivity contribution >= 4 is 5.91 Å². The Hall–Kier alpha value is -2.10. The summed E-state index contributed by atoms with van der Waals surface area (Å²) in [5.74, 6) is -0.00317. The van der Waals surface area contributed by atoms with Gasteiger partial charge in [-0.25, -0.2) is 4.68 Å². The zero-order valence-corrected chi connectivity index (χ0v) is 11.7. The molecular formula is C16H19N3O. The van der Waals surface area contributed by atoms with E-state index in [1.807, 2.05) is 41.9 Å². The molecule has 1 N–H and O–H groups in total. The first kappa shape index (κ1) is 12.9. The molecule has 0 spiro atoms. The van der Waals surface area contributed by atoms with Crippen LogP contribution in [0.4, 0.5) is 0 Å². The van der Waals surface area contributed by atoms with Crippen LogP contribution in [0.3, 0.4) is 0 Å². The Labute approximate surface area is 118 Å². The molecule has 4 nitrogen and oxygen atoms in total. The molecule has 0 unspecified atom stereocenters. The van der Waals surface area contributed by atoms with Crippen LogP contribution in [0.15, 0.2) is 36.5 Å². The molecule has 1 aromatic carbocycles. The number of hydrogen-bond acceptors (Lipinski definition) is 2. The number of benzene rings is 1. The number of hydrogen-bond donors (Lipinski definition) is 1. The molecule has 2 aromatic rings. The van der Waals surface area contributed by atoms with Crippen molar-refractivity contribution in [2.45, 2.75) is 38.6 Å². The predicted molar refractivity (Wildman–Crippen MR) is 78.0 cm³/mol. The highest BCUT2D eigenvalue weighted by atomic mass is 16.1. The summed E-state index contributed by atoms with van der Waals surface area (Å²) in [4.78, 5) is 12.3. The number of carbonyl (C=O) groups is 1. The Balaban J connectivity index is 1.81. The largest absolute Gasteiger partial charge is 0.349 e. The lowest BCUT2D eigenvalue weighted by atomic mass is 10.2. The van der Waals surface area contributed by atoms with Gasteiger partial charge in [0.15, 0.2) is 0 Å². The van der Waals surface area contributed by atoms with Gasteiger partial charge in [0.05, 0.1) is 23.1 Å². The van der Waals surface area contributed by atoms with Crippen LogP contribution < -0.4 is 5.32 Å². The van der Waals surface area contributed by atoms with Crippen molar-refractivity contribution in [1.29, 1.82) is 0 Å². The average molecular weight is 269 g/mol. The molecule has 0 bridgehead atoms. The maximum atomic E-state index is 12.3. The van der Waals surface area contributed by atoms with Gasteiger partial charge >= 0.3 is 0 Å². The van der Waals surface area contributed by atoms with E-state index in [-0.39, 0.29) is 5.91 Å². The van der Waals surface area contributed by atoms with Crippen LogP contribution >= 0.6 is 0 Å². The molecule has 1 aliphatic carbocycles. The molecule has 1 saturated carbocycles. The summed E-state index contributed by atoms with van der Waals surface area (Å²) in [5.41, 5.74) is 2.53. The fraction of sp³-hybridized carbons (Fsp3) is 0.375. The van der Waals surface area contributed by atoms with Gasteiger partial charge in [-0.3, -0.25) is 4.79 Å². The third-order valence-electron chi connectivity index (χ3n) is 3.95. The SMILES string of the molecule is Cc1c(C(=O)NC2CCCC2)cnn1-c1ccccc1. The van der Waals surface area contributed by atoms with Crippen LogP contribution in [-0.2, 0) is 0 Å². The van der Waals surface area contributed by atoms with E-state index >= 15 is 0 Å². The van der Waals surface area contributed by atoms with Gasteiger partial charge in [-0.15, -0.1) is 0 Å². The van der Waals surface area contributed by atoms with Crippen LogP contribution in [-0.4, -0.2) is 21.7 Å². The van der Waals surface area contributed by atoms with Crippen LogP contribution in [0.5, 0.6) is 0 Å². The summed E-state index contributed by atoms with van der Waals surface area (Å²) in [6.07, 6.45) is 6.28. The quantitative estimate of drug-likeness (QED) is 0.931. The summed E-state index contributed by atoms with van der Waals surface area (Å²) in [7, 11) is 0. The summed E-state index contributed by atoms with van der Waals surface area (Å²) >= 11 is 0. The lowest BCUT2D eigenvalue weighted by molar-refractivity contribution is 0.0937. The summed E-state index contributed by atoms with van der Waals surface area (Å²) in [5, 5.41) is 7.45. The van der Waals surface area contributed by atoms with Crippen LogP contribution in [0, 0.1) is 6.92 Å². The summed E-state index contributed by atoms with van der Waals surface area (Å²) in [6.45, 7) is 1.93. The summed E-state index contributed by atoms with van der Waals surface area (Å²) < 4.78 is 1.81. The van der Waals surface area contributed by atoms with E-state index < -0.39 is 0 Å². The minimum Gasteiger partial charge on any atom is -0.349 e. The number of nitrogens with zero attached hydrogens (tertiary/aromatic N) is 2. The Bertz CT molecular complexity index is 597. The van der Waals surface area contributed by atoms with Crippen molar-refractivity contribution in [3.63, 3.8) is 0 Å². The maximum absolute atomic E-state index is 12.3. The van der Waals surface area contributed by atoms with Crippen LogP contribution in [0.25, 0.3) is 5.69 Å². The van der Waals surface area contributed by atoms with Crippen molar-refractivity contribution in [2.75, 3.05) is 0 Å². The summed E-state index contributed by atoms with van der Waals surface area (Å²) in [6, 6.07) is 10.2. The number of amides is 1. The van der Waals surface area contributed by atoms with Crippen molar-refractivity contribution in [3.8, 4) is 5.69 Å². The van der Waals surface area contributed by atoms with Gasteiger partial charge in [-0.05, 0) is 31.9 Å².